The van der Waals surface area contributed by atoms with Crippen molar-refractivity contribution in [3.63, 3.8) is 0 Å². The summed E-state index contributed by atoms with van der Waals surface area (Å²) < 4.78 is 16.8. The molecule has 0 aliphatic carbocycles. The van der Waals surface area contributed by atoms with E-state index in [0.29, 0.717) is 12.8 Å². The summed E-state index contributed by atoms with van der Waals surface area (Å²) in [6.45, 7) is 6.42. The first-order valence-electron chi connectivity index (χ1n) is 33.9. The first-order chi connectivity index (χ1) is 39.5. The molecule has 1 unspecified atom stereocenters. The Morgan fingerprint density at radius 1 is 0.275 bits per heavy atom. The van der Waals surface area contributed by atoms with Gasteiger partial charge in [0.05, 0.1) is 6.42 Å². The zero-order chi connectivity index (χ0) is 57.8. The van der Waals surface area contributed by atoms with Crippen LogP contribution in [0.25, 0.3) is 0 Å². The largest absolute Gasteiger partial charge is 0.462 e. The molecule has 0 aromatic heterocycles. The standard InChI is InChI=1S/C74H126O6/c1-4-7-10-13-16-19-22-25-28-30-31-32-33-34-35-36-37-38-39-40-41-42-43-44-47-49-52-55-58-61-64-67-73(76)79-70-71(69-78-72(75)66-63-60-57-54-51-48-45-27-24-21-18-15-12-9-6-3)80-74(77)68-65-62-59-56-53-50-46-29-26-23-20-17-14-11-8-5-2/h9,12,18,20-23,25,27,29-31,45-46,51,54,60,63,71H,4-8,10-11,13-17,19,24,26,28,32-44,47-50,52-53,55-59,61-62,64-70H2,1-3H3/b12-9-,21-18-,23-20-,25-22-,31-30-,45-27-,46-29-,54-51-,63-60-. The highest BCUT2D eigenvalue weighted by atomic mass is 16.6. The number of allylic oxidation sites excluding steroid dienone is 17. The van der Waals surface area contributed by atoms with Gasteiger partial charge < -0.3 is 14.2 Å². The summed E-state index contributed by atoms with van der Waals surface area (Å²) in [6, 6.07) is 0. The average molecular weight is 1110 g/mol. The number of hydrogen-bond donors (Lipinski definition) is 0. The van der Waals surface area contributed by atoms with Crippen LogP contribution in [0.5, 0.6) is 0 Å². The van der Waals surface area contributed by atoms with Gasteiger partial charge in [-0.1, -0.05) is 304 Å². The molecule has 0 aromatic carbocycles. The van der Waals surface area contributed by atoms with Crippen molar-refractivity contribution in [3.05, 3.63) is 109 Å². The van der Waals surface area contributed by atoms with Gasteiger partial charge in [-0.2, -0.15) is 0 Å². The molecular formula is C74H126O6. The van der Waals surface area contributed by atoms with Gasteiger partial charge in [-0.25, -0.2) is 0 Å². The van der Waals surface area contributed by atoms with Crippen molar-refractivity contribution in [3.8, 4) is 0 Å². The molecule has 6 heteroatoms. The van der Waals surface area contributed by atoms with Crippen molar-refractivity contribution in [1.82, 2.24) is 0 Å². The summed E-state index contributed by atoms with van der Waals surface area (Å²) in [5, 5.41) is 0. The lowest BCUT2D eigenvalue weighted by Gasteiger charge is -2.18. The molecule has 0 aliphatic heterocycles. The number of ether oxygens (including phenoxy) is 3. The monoisotopic (exact) mass is 1110 g/mol. The lowest BCUT2D eigenvalue weighted by molar-refractivity contribution is -0.166. The number of carbonyl (C=O) groups excluding carboxylic acids is 3. The van der Waals surface area contributed by atoms with Gasteiger partial charge in [0.25, 0.3) is 0 Å². The molecule has 0 aliphatic rings. The Hall–Kier alpha value is -3.93. The second-order valence-electron chi connectivity index (χ2n) is 22.4. The number of rotatable bonds is 61. The second kappa shape index (κ2) is 67.6. The fourth-order valence-electron chi connectivity index (χ4n) is 9.46. The van der Waals surface area contributed by atoms with E-state index in [0.717, 1.165) is 103 Å². The summed E-state index contributed by atoms with van der Waals surface area (Å²) in [5.41, 5.74) is 0. The maximum atomic E-state index is 12.9. The van der Waals surface area contributed by atoms with Crippen LogP contribution in [0.2, 0.25) is 0 Å². The van der Waals surface area contributed by atoms with E-state index < -0.39 is 12.1 Å². The molecule has 0 amide bonds. The van der Waals surface area contributed by atoms with Crippen molar-refractivity contribution in [2.75, 3.05) is 13.2 Å². The Kier molecular flexibility index (Phi) is 64.3. The topological polar surface area (TPSA) is 78.9 Å². The van der Waals surface area contributed by atoms with E-state index in [1.165, 1.54) is 180 Å². The van der Waals surface area contributed by atoms with Crippen LogP contribution in [-0.4, -0.2) is 37.2 Å². The third kappa shape index (κ3) is 64.9. The van der Waals surface area contributed by atoms with Gasteiger partial charge in [0.2, 0.25) is 0 Å². The van der Waals surface area contributed by atoms with Crippen LogP contribution >= 0.6 is 0 Å². The van der Waals surface area contributed by atoms with Crippen LogP contribution in [0, 0.1) is 0 Å². The Morgan fingerprint density at radius 3 is 0.887 bits per heavy atom. The minimum Gasteiger partial charge on any atom is -0.462 e. The van der Waals surface area contributed by atoms with Crippen LogP contribution in [0.15, 0.2) is 109 Å². The average Bonchev–Trinajstić information content (AvgIpc) is 3.46. The van der Waals surface area contributed by atoms with Gasteiger partial charge in [-0.05, 0) is 109 Å². The minimum atomic E-state index is -0.827. The van der Waals surface area contributed by atoms with Gasteiger partial charge in [0.1, 0.15) is 13.2 Å². The molecule has 0 saturated heterocycles. The highest BCUT2D eigenvalue weighted by molar-refractivity contribution is 5.72. The zero-order valence-electron chi connectivity index (χ0n) is 52.6. The van der Waals surface area contributed by atoms with E-state index >= 15 is 0 Å². The van der Waals surface area contributed by atoms with Crippen LogP contribution in [0.1, 0.15) is 323 Å². The molecule has 0 saturated carbocycles. The predicted molar refractivity (Wildman–Crippen MR) is 348 cm³/mol. The van der Waals surface area contributed by atoms with Crippen LogP contribution in [0.3, 0.4) is 0 Å². The Morgan fingerprint density at radius 2 is 0.537 bits per heavy atom. The molecule has 0 radical (unpaired) electrons. The summed E-state index contributed by atoms with van der Waals surface area (Å²) in [6.07, 6.45) is 92.9. The zero-order valence-corrected chi connectivity index (χ0v) is 52.6. The summed E-state index contributed by atoms with van der Waals surface area (Å²) in [5.74, 6) is -1.05. The maximum Gasteiger partial charge on any atom is 0.309 e. The van der Waals surface area contributed by atoms with E-state index in [1.807, 2.05) is 6.08 Å². The third-order valence-electron chi connectivity index (χ3n) is 14.5. The number of hydrogen-bond acceptors (Lipinski definition) is 6. The second-order valence-corrected chi connectivity index (χ2v) is 22.4. The van der Waals surface area contributed by atoms with Crippen LogP contribution < -0.4 is 0 Å². The van der Waals surface area contributed by atoms with Gasteiger partial charge >= 0.3 is 17.9 Å². The normalized spacial score (nSPS) is 12.8. The summed E-state index contributed by atoms with van der Waals surface area (Å²) >= 11 is 0. The highest BCUT2D eigenvalue weighted by Gasteiger charge is 2.19. The van der Waals surface area contributed by atoms with Crippen molar-refractivity contribution >= 4 is 17.9 Å². The fraction of sp³-hybridized carbons (Fsp3) is 0.716. The van der Waals surface area contributed by atoms with E-state index in [9.17, 15) is 14.4 Å². The molecule has 0 rings (SSSR count). The van der Waals surface area contributed by atoms with Gasteiger partial charge in [-0.15, -0.1) is 0 Å². The predicted octanol–water partition coefficient (Wildman–Crippen LogP) is 23.4. The molecule has 0 bridgehead atoms. The van der Waals surface area contributed by atoms with Crippen molar-refractivity contribution in [2.24, 2.45) is 0 Å². The lowest BCUT2D eigenvalue weighted by Crippen LogP contribution is -2.30. The van der Waals surface area contributed by atoms with Crippen molar-refractivity contribution in [1.29, 1.82) is 0 Å². The van der Waals surface area contributed by atoms with Gasteiger partial charge in [-0.3, -0.25) is 14.4 Å². The molecule has 458 valence electrons. The number of unbranched alkanes of at least 4 members (excludes halogenated alkanes) is 33. The Labute approximate surface area is 495 Å². The summed E-state index contributed by atoms with van der Waals surface area (Å²) in [7, 11) is 0. The molecule has 0 fully saturated rings. The molecule has 0 N–H and O–H groups in total. The molecule has 6 nitrogen and oxygen atoms in total. The van der Waals surface area contributed by atoms with Crippen molar-refractivity contribution in [2.45, 2.75) is 329 Å². The SMILES string of the molecule is CC/C=C\C/C=C\C/C=C\C/C=C\C/C=C\CC(=O)OCC(COC(=O)CCCCCCCCCCCCCCCCCCCCC/C=C\C/C=C\CCCCCCC)OC(=O)CCCCCCC/C=C\C/C=C\CCCCCC. The summed E-state index contributed by atoms with van der Waals surface area (Å²) in [4.78, 5) is 38.3. The van der Waals surface area contributed by atoms with Crippen molar-refractivity contribution < 1.29 is 28.6 Å². The minimum absolute atomic E-state index is 0.112. The number of esters is 3. The molecule has 0 spiro atoms. The number of carbonyl (C=O) groups is 3. The van der Waals surface area contributed by atoms with E-state index in [2.05, 4.69) is 118 Å². The van der Waals surface area contributed by atoms with Crippen LogP contribution in [0.4, 0.5) is 0 Å². The highest BCUT2D eigenvalue weighted by Crippen LogP contribution is 2.17. The first kappa shape index (κ1) is 76.1. The Balaban J connectivity index is 4.27. The van der Waals surface area contributed by atoms with E-state index in [1.54, 1.807) is 6.08 Å². The van der Waals surface area contributed by atoms with E-state index in [4.69, 9.17) is 14.2 Å². The first-order valence-corrected chi connectivity index (χ1v) is 33.9. The smallest absolute Gasteiger partial charge is 0.309 e. The molecular weight excluding hydrogens is 985 g/mol. The Bertz CT molecular complexity index is 1610. The lowest BCUT2D eigenvalue weighted by atomic mass is 10.0. The van der Waals surface area contributed by atoms with Gasteiger partial charge in [0, 0.05) is 12.8 Å². The molecule has 80 heavy (non-hydrogen) atoms. The maximum absolute atomic E-state index is 12.9. The van der Waals surface area contributed by atoms with Crippen LogP contribution in [-0.2, 0) is 28.6 Å². The van der Waals surface area contributed by atoms with Gasteiger partial charge in [0.15, 0.2) is 6.10 Å². The van der Waals surface area contributed by atoms with E-state index in [-0.39, 0.29) is 31.6 Å². The molecule has 0 heterocycles. The fourth-order valence-corrected chi connectivity index (χ4v) is 9.46. The molecule has 1 atom stereocenters. The molecule has 0 aromatic rings. The quantitative estimate of drug-likeness (QED) is 0.0261. The third-order valence-corrected chi connectivity index (χ3v) is 14.5.